The van der Waals surface area contributed by atoms with Crippen molar-refractivity contribution in [1.29, 1.82) is 0 Å². The molecule has 17 heavy (non-hydrogen) atoms. The first-order chi connectivity index (χ1) is 8.24. The molecule has 1 amide bonds. The maximum atomic E-state index is 11.6. The number of nitrogens with one attached hydrogen (secondary N) is 1. The number of aromatic nitrogens is 2. The van der Waals surface area contributed by atoms with Gasteiger partial charge in [-0.05, 0) is 25.3 Å². The number of nitrogens with zero attached hydrogens (tertiary/aromatic N) is 2. The zero-order valence-corrected chi connectivity index (χ0v) is 9.76. The van der Waals surface area contributed by atoms with Crippen LogP contribution >= 0.6 is 0 Å². The SMILES string of the molecule is Nc1ccn(CC(=O)NCC2CCCCO2)n1. The van der Waals surface area contributed by atoms with Crippen LogP contribution in [-0.2, 0) is 16.1 Å². The summed E-state index contributed by atoms with van der Waals surface area (Å²) in [4.78, 5) is 11.6. The molecule has 1 aromatic rings. The molecule has 1 saturated heterocycles. The number of nitrogens with two attached hydrogens (primary N) is 1. The molecule has 0 aromatic carbocycles. The van der Waals surface area contributed by atoms with Gasteiger partial charge in [0.15, 0.2) is 0 Å². The minimum absolute atomic E-state index is 0.0673. The number of amides is 1. The molecule has 1 aliphatic rings. The third-order valence-electron chi connectivity index (χ3n) is 2.77. The smallest absolute Gasteiger partial charge is 0.241 e. The first kappa shape index (κ1) is 11.9. The molecule has 0 saturated carbocycles. The number of carbonyl (C=O) groups excluding carboxylic acids is 1. The molecule has 94 valence electrons. The van der Waals surface area contributed by atoms with Crippen LogP contribution in [0, 0.1) is 0 Å². The van der Waals surface area contributed by atoms with Gasteiger partial charge in [-0.1, -0.05) is 0 Å². The van der Waals surface area contributed by atoms with Crippen LogP contribution in [0.1, 0.15) is 19.3 Å². The Kier molecular flexibility index (Phi) is 3.98. The highest BCUT2D eigenvalue weighted by Crippen LogP contribution is 2.11. The van der Waals surface area contributed by atoms with Crippen LogP contribution in [0.25, 0.3) is 0 Å². The fourth-order valence-corrected chi connectivity index (χ4v) is 1.86. The molecule has 0 aliphatic carbocycles. The average Bonchev–Trinajstić information content (AvgIpc) is 2.73. The molecule has 6 heteroatoms. The third-order valence-corrected chi connectivity index (χ3v) is 2.77. The van der Waals surface area contributed by atoms with Crippen molar-refractivity contribution >= 4 is 11.7 Å². The lowest BCUT2D eigenvalue weighted by atomic mass is 10.1. The van der Waals surface area contributed by atoms with Crippen LogP contribution in [-0.4, -0.2) is 34.9 Å². The van der Waals surface area contributed by atoms with Gasteiger partial charge in [0.05, 0.1) is 6.10 Å². The van der Waals surface area contributed by atoms with Crippen molar-refractivity contribution in [2.75, 3.05) is 18.9 Å². The lowest BCUT2D eigenvalue weighted by Crippen LogP contribution is -2.37. The van der Waals surface area contributed by atoms with Gasteiger partial charge in [-0.2, -0.15) is 5.10 Å². The number of ether oxygens (including phenoxy) is 1. The summed E-state index contributed by atoms with van der Waals surface area (Å²) in [6, 6.07) is 1.66. The van der Waals surface area contributed by atoms with E-state index in [0.29, 0.717) is 12.4 Å². The minimum atomic E-state index is -0.0673. The van der Waals surface area contributed by atoms with Gasteiger partial charge in [0.2, 0.25) is 5.91 Å². The van der Waals surface area contributed by atoms with Gasteiger partial charge in [-0.3, -0.25) is 9.48 Å². The number of anilines is 1. The maximum Gasteiger partial charge on any atom is 0.241 e. The van der Waals surface area contributed by atoms with Crippen molar-refractivity contribution < 1.29 is 9.53 Å². The Hall–Kier alpha value is -1.56. The Morgan fingerprint density at radius 3 is 3.18 bits per heavy atom. The molecule has 1 fully saturated rings. The summed E-state index contributed by atoms with van der Waals surface area (Å²) < 4.78 is 7.05. The second-order valence-electron chi connectivity index (χ2n) is 4.23. The minimum Gasteiger partial charge on any atom is -0.382 e. The Morgan fingerprint density at radius 2 is 2.53 bits per heavy atom. The molecule has 1 aromatic heterocycles. The predicted molar refractivity (Wildman–Crippen MR) is 63.2 cm³/mol. The van der Waals surface area contributed by atoms with Gasteiger partial charge in [0.25, 0.3) is 0 Å². The van der Waals surface area contributed by atoms with Crippen molar-refractivity contribution in [3.8, 4) is 0 Å². The van der Waals surface area contributed by atoms with E-state index in [1.54, 1.807) is 12.3 Å². The van der Waals surface area contributed by atoms with Crippen LogP contribution in [0.4, 0.5) is 5.82 Å². The summed E-state index contributed by atoms with van der Waals surface area (Å²) in [6.45, 7) is 1.58. The second-order valence-corrected chi connectivity index (χ2v) is 4.23. The first-order valence-corrected chi connectivity index (χ1v) is 5.91. The van der Waals surface area contributed by atoms with Crippen molar-refractivity contribution in [3.05, 3.63) is 12.3 Å². The molecule has 0 spiro atoms. The lowest BCUT2D eigenvalue weighted by Gasteiger charge is -2.22. The molecular formula is C11H18N4O2. The molecule has 1 atom stereocenters. The first-order valence-electron chi connectivity index (χ1n) is 5.91. The van der Waals surface area contributed by atoms with Gasteiger partial charge < -0.3 is 15.8 Å². The van der Waals surface area contributed by atoms with E-state index in [0.717, 1.165) is 19.4 Å². The van der Waals surface area contributed by atoms with Gasteiger partial charge in [-0.25, -0.2) is 0 Å². The van der Waals surface area contributed by atoms with E-state index < -0.39 is 0 Å². The maximum absolute atomic E-state index is 11.6. The van der Waals surface area contributed by atoms with Crippen molar-refractivity contribution in [2.45, 2.75) is 31.9 Å². The topological polar surface area (TPSA) is 82.2 Å². The van der Waals surface area contributed by atoms with Crippen LogP contribution in [0.15, 0.2) is 12.3 Å². The predicted octanol–water partition coefficient (Wildman–Crippen LogP) is 0.151. The van der Waals surface area contributed by atoms with E-state index in [4.69, 9.17) is 10.5 Å². The quantitative estimate of drug-likeness (QED) is 0.782. The van der Waals surface area contributed by atoms with E-state index in [-0.39, 0.29) is 18.6 Å². The van der Waals surface area contributed by atoms with E-state index >= 15 is 0 Å². The molecular weight excluding hydrogens is 220 g/mol. The Morgan fingerprint density at radius 1 is 1.65 bits per heavy atom. The number of hydrogen-bond donors (Lipinski definition) is 2. The van der Waals surface area contributed by atoms with Crippen LogP contribution in [0.2, 0.25) is 0 Å². The standard InChI is InChI=1S/C11H18N4O2/c12-10-4-5-15(14-10)8-11(16)13-7-9-3-1-2-6-17-9/h4-5,9H,1-3,6-8H2,(H2,12,14)(H,13,16). The zero-order chi connectivity index (χ0) is 12.1. The van der Waals surface area contributed by atoms with Crippen LogP contribution in [0.5, 0.6) is 0 Å². The van der Waals surface area contributed by atoms with Gasteiger partial charge in [-0.15, -0.1) is 0 Å². The summed E-state index contributed by atoms with van der Waals surface area (Å²) >= 11 is 0. The van der Waals surface area contributed by atoms with Crippen LogP contribution < -0.4 is 11.1 Å². The highest BCUT2D eigenvalue weighted by molar-refractivity contribution is 5.75. The normalized spacial score (nSPS) is 20.1. The molecule has 6 nitrogen and oxygen atoms in total. The Bertz CT molecular complexity index is 371. The molecule has 2 heterocycles. The van der Waals surface area contributed by atoms with Gasteiger partial charge in [0.1, 0.15) is 12.4 Å². The molecule has 0 bridgehead atoms. The van der Waals surface area contributed by atoms with Crippen molar-refractivity contribution in [1.82, 2.24) is 15.1 Å². The largest absolute Gasteiger partial charge is 0.382 e. The molecule has 1 aliphatic heterocycles. The number of rotatable bonds is 4. The second kappa shape index (κ2) is 5.67. The van der Waals surface area contributed by atoms with E-state index in [2.05, 4.69) is 10.4 Å². The lowest BCUT2D eigenvalue weighted by molar-refractivity contribution is -0.122. The summed E-state index contributed by atoms with van der Waals surface area (Å²) in [7, 11) is 0. The van der Waals surface area contributed by atoms with E-state index in [1.807, 2.05) is 0 Å². The van der Waals surface area contributed by atoms with Crippen molar-refractivity contribution in [3.63, 3.8) is 0 Å². The summed E-state index contributed by atoms with van der Waals surface area (Å²) in [5.41, 5.74) is 5.46. The van der Waals surface area contributed by atoms with E-state index in [1.165, 1.54) is 11.1 Å². The fraction of sp³-hybridized carbons (Fsp3) is 0.636. The summed E-state index contributed by atoms with van der Waals surface area (Å²) in [5.74, 6) is 0.357. The Labute approximate surface area is 100 Å². The molecule has 3 N–H and O–H groups in total. The summed E-state index contributed by atoms with van der Waals surface area (Å²) in [5, 5.41) is 6.79. The van der Waals surface area contributed by atoms with Gasteiger partial charge >= 0.3 is 0 Å². The monoisotopic (exact) mass is 238 g/mol. The molecule has 2 rings (SSSR count). The fourth-order valence-electron chi connectivity index (χ4n) is 1.86. The number of nitrogen functional groups attached to an aromatic ring is 1. The zero-order valence-electron chi connectivity index (χ0n) is 9.76. The number of carbonyl (C=O) groups is 1. The highest BCUT2D eigenvalue weighted by Gasteiger charge is 2.14. The molecule has 1 unspecified atom stereocenters. The molecule has 0 radical (unpaired) electrons. The number of hydrogen-bond acceptors (Lipinski definition) is 4. The average molecular weight is 238 g/mol. The van der Waals surface area contributed by atoms with Crippen molar-refractivity contribution in [2.24, 2.45) is 0 Å². The highest BCUT2D eigenvalue weighted by atomic mass is 16.5. The van der Waals surface area contributed by atoms with E-state index in [9.17, 15) is 4.79 Å². The van der Waals surface area contributed by atoms with Gasteiger partial charge in [0, 0.05) is 19.3 Å². The Balaban J connectivity index is 1.70. The van der Waals surface area contributed by atoms with Crippen LogP contribution in [0.3, 0.4) is 0 Å². The third kappa shape index (κ3) is 3.74. The summed E-state index contributed by atoms with van der Waals surface area (Å²) in [6.07, 6.45) is 5.17.